The summed E-state index contributed by atoms with van der Waals surface area (Å²) in [6, 6.07) is 22.4. The zero-order valence-corrected chi connectivity index (χ0v) is 18.3. The van der Waals surface area contributed by atoms with Crippen LogP contribution in [-0.4, -0.2) is 31.3 Å². The molecule has 2 aliphatic heterocycles. The van der Waals surface area contributed by atoms with E-state index in [0.717, 1.165) is 21.2 Å². The summed E-state index contributed by atoms with van der Waals surface area (Å²) in [6.07, 6.45) is 0.186. The predicted octanol–water partition coefficient (Wildman–Crippen LogP) is 4.42. The third kappa shape index (κ3) is 3.65. The van der Waals surface area contributed by atoms with Gasteiger partial charge in [-0.3, -0.25) is 14.4 Å². The van der Waals surface area contributed by atoms with E-state index in [-0.39, 0.29) is 24.1 Å². The first kappa shape index (κ1) is 20.3. The standard InChI is InChI=1S/C25H21N3O3S/c1-27-20-12-11-17(14-22(20)32-21-10-6-5-9-19(21)25(27)31)26-24(30)16-13-23(29)28(15-16)18-7-3-2-4-8-18/h2-12,14,16H,13,15H2,1H3,(H,26,30). The number of fused-ring (bicyclic) bond motifs is 2. The molecule has 0 bridgehead atoms. The highest BCUT2D eigenvalue weighted by Gasteiger charge is 2.35. The van der Waals surface area contributed by atoms with Gasteiger partial charge in [0, 0.05) is 41.2 Å². The van der Waals surface area contributed by atoms with Crippen molar-refractivity contribution < 1.29 is 14.4 Å². The van der Waals surface area contributed by atoms with Crippen molar-refractivity contribution in [1.29, 1.82) is 0 Å². The molecule has 1 unspecified atom stereocenters. The van der Waals surface area contributed by atoms with Gasteiger partial charge >= 0.3 is 0 Å². The maximum Gasteiger partial charge on any atom is 0.259 e. The fourth-order valence-electron chi connectivity index (χ4n) is 4.08. The third-order valence-electron chi connectivity index (χ3n) is 5.79. The van der Waals surface area contributed by atoms with Crippen molar-refractivity contribution in [3.8, 4) is 0 Å². The Hall–Kier alpha value is -3.58. The molecule has 0 radical (unpaired) electrons. The molecule has 0 spiro atoms. The number of benzene rings is 3. The largest absolute Gasteiger partial charge is 0.326 e. The molecule has 1 fully saturated rings. The quantitative estimate of drug-likeness (QED) is 0.651. The van der Waals surface area contributed by atoms with Gasteiger partial charge in [0.1, 0.15) is 0 Å². The molecule has 1 atom stereocenters. The van der Waals surface area contributed by atoms with Gasteiger partial charge in [-0.25, -0.2) is 0 Å². The molecule has 0 saturated carbocycles. The molecule has 7 heteroatoms. The molecule has 1 N–H and O–H groups in total. The van der Waals surface area contributed by atoms with Crippen molar-refractivity contribution in [2.75, 3.05) is 28.7 Å². The first-order valence-electron chi connectivity index (χ1n) is 10.4. The van der Waals surface area contributed by atoms with Gasteiger partial charge in [-0.1, -0.05) is 42.1 Å². The summed E-state index contributed by atoms with van der Waals surface area (Å²) in [5, 5.41) is 2.96. The number of hydrogen-bond acceptors (Lipinski definition) is 4. The van der Waals surface area contributed by atoms with Crippen LogP contribution < -0.4 is 15.1 Å². The van der Waals surface area contributed by atoms with Crippen molar-refractivity contribution in [1.82, 2.24) is 0 Å². The highest BCUT2D eigenvalue weighted by Crippen LogP contribution is 2.42. The number of hydrogen-bond donors (Lipinski definition) is 1. The molecular formula is C25H21N3O3S. The lowest BCUT2D eigenvalue weighted by molar-refractivity contribution is -0.122. The van der Waals surface area contributed by atoms with Crippen molar-refractivity contribution in [3.05, 3.63) is 78.4 Å². The average molecular weight is 444 g/mol. The molecular weight excluding hydrogens is 422 g/mol. The van der Waals surface area contributed by atoms with Gasteiger partial charge < -0.3 is 15.1 Å². The first-order valence-corrected chi connectivity index (χ1v) is 11.2. The Morgan fingerprint density at radius 2 is 1.72 bits per heavy atom. The zero-order valence-electron chi connectivity index (χ0n) is 17.4. The van der Waals surface area contributed by atoms with Crippen LogP contribution in [0.4, 0.5) is 17.1 Å². The van der Waals surface area contributed by atoms with Crippen molar-refractivity contribution >= 4 is 46.5 Å². The van der Waals surface area contributed by atoms with Crippen LogP contribution in [0.3, 0.4) is 0 Å². The maximum atomic E-state index is 12.9. The van der Waals surface area contributed by atoms with E-state index in [0.29, 0.717) is 17.8 Å². The number of amides is 3. The van der Waals surface area contributed by atoms with Crippen LogP contribution in [0.2, 0.25) is 0 Å². The summed E-state index contributed by atoms with van der Waals surface area (Å²) in [7, 11) is 1.75. The second-order valence-electron chi connectivity index (χ2n) is 7.88. The lowest BCUT2D eigenvalue weighted by Gasteiger charge is -2.19. The van der Waals surface area contributed by atoms with E-state index in [1.165, 1.54) is 11.8 Å². The van der Waals surface area contributed by atoms with E-state index in [1.54, 1.807) is 22.9 Å². The Morgan fingerprint density at radius 3 is 2.53 bits per heavy atom. The van der Waals surface area contributed by atoms with Crippen LogP contribution >= 0.6 is 11.8 Å². The lowest BCUT2D eigenvalue weighted by atomic mass is 10.1. The molecule has 3 amide bonds. The Labute approximate surface area is 190 Å². The maximum absolute atomic E-state index is 12.9. The van der Waals surface area contributed by atoms with Crippen LogP contribution in [0.1, 0.15) is 16.8 Å². The molecule has 2 aliphatic rings. The van der Waals surface area contributed by atoms with E-state index in [9.17, 15) is 14.4 Å². The van der Waals surface area contributed by atoms with E-state index < -0.39 is 5.92 Å². The topological polar surface area (TPSA) is 69.7 Å². The average Bonchev–Trinajstić information content (AvgIpc) is 3.17. The minimum Gasteiger partial charge on any atom is -0.326 e. The van der Waals surface area contributed by atoms with Crippen LogP contribution in [0.25, 0.3) is 0 Å². The highest BCUT2D eigenvalue weighted by atomic mass is 32.2. The van der Waals surface area contributed by atoms with E-state index in [2.05, 4.69) is 5.32 Å². The molecule has 160 valence electrons. The number of carbonyl (C=O) groups is 3. The summed E-state index contributed by atoms with van der Waals surface area (Å²) in [5.74, 6) is -0.709. The van der Waals surface area contributed by atoms with Crippen LogP contribution in [0.15, 0.2) is 82.6 Å². The monoisotopic (exact) mass is 443 g/mol. The predicted molar refractivity (Wildman–Crippen MR) is 125 cm³/mol. The van der Waals surface area contributed by atoms with Gasteiger partial charge in [-0.2, -0.15) is 0 Å². The SMILES string of the molecule is CN1C(=O)c2ccccc2Sc2cc(NC(=O)C3CC(=O)N(c4ccccc4)C3)ccc21. The Morgan fingerprint density at radius 1 is 0.969 bits per heavy atom. The summed E-state index contributed by atoms with van der Waals surface area (Å²) in [5.41, 5.74) is 2.90. The number of nitrogens with zero attached hydrogens (tertiary/aromatic N) is 2. The molecule has 0 aliphatic carbocycles. The summed E-state index contributed by atoms with van der Waals surface area (Å²) in [6.45, 7) is 0.360. The lowest BCUT2D eigenvalue weighted by Crippen LogP contribution is -2.28. The minimum atomic E-state index is -0.417. The smallest absolute Gasteiger partial charge is 0.259 e. The van der Waals surface area contributed by atoms with Gasteiger partial charge in [0.2, 0.25) is 11.8 Å². The Bertz CT molecular complexity index is 1230. The van der Waals surface area contributed by atoms with Gasteiger partial charge in [-0.05, 0) is 42.5 Å². The van der Waals surface area contributed by atoms with Crippen molar-refractivity contribution in [2.24, 2.45) is 5.92 Å². The number of rotatable bonds is 3. The summed E-state index contributed by atoms with van der Waals surface area (Å²) >= 11 is 1.51. The van der Waals surface area contributed by atoms with Gasteiger partial charge in [-0.15, -0.1) is 0 Å². The Kier molecular flexibility index (Phi) is 5.19. The first-order chi connectivity index (χ1) is 15.5. The van der Waals surface area contributed by atoms with Crippen LogP contribution in [0.5, 0.6) is 0 Å². The molecule has 1 saturated heterocycles. The number of para-hydroxylation sites is 1. The fourth-order valence-corrected chi connectivity index (χ4v) is 5.22. The van der Waals surface area contributed by atoms with E-state index >= 15 is 0 Å². The van der Waals surface area contributed by atoms with E-state index in [4.69, 9.17) is 0 Å². The van der Waals surface area contributed by atoms with E-state index in [1.807, 2.05) is 66.7 Å². The molecule has 6 nitrogen and oxygen atoms in total. The summed E-state index contributed by atoms with van der Waals surface area (Å²) in [4.78, 5) is 43.3. The number of nitrogens with one attached hydrogen (secondary N) is 1. The molecule has 5 rings (SSSR count). The second kappa shape index (κ2) is 8.16. The van der Waals surface area contributed by atoms with Gasteiger partial charge in [0.05, 0.1) is 17.2 Å². The zero-order chi connectivity index (χ0) is 22.2. The van der Waals surface area contributed by atoms with Crippen molar-refractivity contribution in [3.63, 3.8) is 0 Å². The molecule has 2 heterocycles. The van der Waals surface area contributed by atoms with Gasteiger partial charge in [0.25, 0.3) is 5.91 Å². The molecule has 0 aromatic heterocycles. The van der Waals surface area contributed by atoms with Crippen molar-refractivity contribution in [2.45, 2.75) is 16.2 Å². The molecule has 32 heavy (non-hydrogen) atoms. The third-order valence-corrected chi connectivity index (χ3v) is 6.92. The molecule has 3 aromatic rings. The Balaban J connectivity index is 1.35. The van der Waals surface area contributed by atoms with Gasteiger partial charge in [0.15, 0.2) is 0 Å². The summed E-state index contributed by atoms with van der Waals surface area (Å²) < 4.78 is 0. The van der Waals surface area contributed by atoms with Crippen LogP contribution in [0, 0.1) is 5.92 Å². The number of carbonyl (C=O) groups excluding carboxylic acids is 3. The minimum absolute atomic E-state index is 0.0504. The van der Waals surface area contributed by atoms with Crippen LogP contribution in [-0.2, 0) is 9.59 Å². The normalized spacial score (nSPS) is 17.6. The fraction of sp³-hybridized carbons (Fsp3) is 0.160. The number of anilines is 3. The highest BCUT2D eigenvalue weighted by molar-refractivity contribution is 7.99. The molecule has 3 aromatic carbocycles. The second-order valence-corrected chi connectivity index (χ2v) is 8.96.